The molecule has 41 heavy (non-hydrogen) atoms. The van der Waals surface area contributed by atoms with E-state index in [9.17, 15) is 14.7 Å². The van der Waals surface area contributed by atoms with E-state index in [1.807, 2.05) is 46.2 Å². The molecule has 1 fully saturated rings. The Hall–Kier alpha value is -3.50. The molecule has 0 saturated carbocycles. The molecule has 4 rings (SSSR count). The van der Waals surface area contributed by atoms with Crippen LogP contribution in [0.25, 0.3) is 0 Å². The molecule has 0 aromatic heterocycles. The molecule has 3 N–H and O–H groups in total. The summed E-state index contributed by atoms with van der Waals surface area (Å²) in [6, 6.07) is 10.9. The maximum atomic E-state index is 13.7. The molecule has 1 amide bonds. The van der Waals surface area contributed by atoms with Gasteiger partial charge in [-0.05, 0) is 61.6 Å². The zero-order chi connectivity index (χ0) is 29.4. The molecule has 10 heteroatoms. The molecule has 2 aromatic rings. The fourth-order valence-corrected chi connectivity index (χ4v) is 5.98. The number of carboxylic acid groups (broad SMARTS) is 1. The number of hydrogen-bond acceptors (Lipinski definition) is 8. The van der Waals surface area contributed by atoms with Crippen molar-refractivity contribution in [2.24, 2.45) is 11.7 Å². The second kappa shape index (κ2) is 14.4. The van der Waals surface area contributed by atoms with E-state index in [0.29, 0.717) is 55.6 Å². The molecule has 2 aliphatic rings. The smallest absolute Gasteiger partial charge is 0.308 e. The van der Waals surface area contributed by atoms with Crippen molar-refractivity contribution in [1.82, 2.24) is 9.80 Å². The van der Waals surface area contributed by atoms with Crippen molar-refractivity contribution in [3.05, 3.63) is 47.5 Å². The number of rotatable bonds is 15. The summed E-state index contributed by atoms with van der Waals surface area (Å²) in [6.07, 6.45) is 4.01. The average molecular weight is 570 g/mol. The predicted molar refractivity (Wildman–Crippen MR) is 155 cm³/mol. The zero-order valence-corrected chi connectivity index (χ0v) is 24.3. The number of unbranched alkanes of at least 4 members (excludes halogenated alkanes) is 2. The Kier molecular flexibility index (Phi) is 10.7. The summed E-state index contributed by atoms with van der Waals surface area (Å²) >= 11 is 0. The van der Waals surface area contributed by atoms with Gasteiger partial charge in [-0.2, -0.15) is 0 Å². The Labute approximate surface area is 242 Å². The number of fused-ring (bicyclic) bond motifs is 1. The van der Waals surface area contributed by atoms with Gasteiger partial charge in [0.25, 0.3) is 0 Å². The van der Waals surface area contributed by atoms with E-state index in [0.717, 1.165) is 36.8 Å². The number of carbonyl (C=O) groups is 2. The number of hydrogen-bond donors (Lipinski definition) is 2. The molecule has 1 saturated heterocycles. The van der Waals surface area contributed by atoms with Crippen molar-refractivity contribution < 1.29 is 33.6 Å². The lowest BCUT2D eigenvalue weighted by Crippen LogP contribution is -2.45. The van der Waals surface area contributed by atoms with Crippen LogP contribution in [0.4, 0.5) is 0 Å². The van der Waals surface area contributed by atoms with Crippen LogP contribution in [0, 0.1) is 5.92 Å². The largest absolute Gasteiger partial charge is 0.496 e. The summed E-state index contributed by atoms with van der Waals surface area (Å²) in [6.45, 7) is 4.63. The maximum Gasteiger partial charge on any atom is 0.308 e. The monoisotopic (exact) mass is 569 g/mol. The number of para-hydroxylation sites is 1. The van der Waals surface area contributed by atoms with Gasteiger partial charge in [0.1, 0.15) is 5.75 Å². The van der Waals surface area contributed by atoms with E-state index < -0.39 is 23.8 Å². The summed E-state index contributed by atoms with van der Waals surface area (Å²) < 4.78 is 22.4. The highest BCUT2D eigenvalue weighted by molar-refractivity contribution is 5.79. The molecular formula is C31H43N3O7. The minimum absolute atomic E-state index is 0.00792. The van der Waals surface area contributed by atoms with Crippen molar-refractivity contribution in [3.63, 3.8) is 0 Å². The fourth-order valence-electron chi connectivity index (χ4n) is 5.98. The normalized spacial score (nSPS) is 19.8. The maximum absolute atomic E-state index is 13.7. The number of methoxy groups -OCH3 is 2. The first-order valence-electron chi connectivity index (χ1n) is 14.5. The van der Waals surface area contributed by atoms with Crippen LogP contribution in [0.3, 0.4) is 0 Å². The highest BCUT2D eigenvalue weighted by atomic mass is 16.7. The number of likely N-dealkylation sites (tertiary alicyclic amines) is 1. The van der Waals surface area contributed by atoms with E-state index in [1.54, 1.807) is 14.2 Å². The number of nitrogens with two attached hydrogens (primary N) is 1. The summed E-state index contributed by atoms with van der Waals surface area (Å²) in [5, 5.41) is 10.6. The molecule has 0 bridgehead atoms. The van der Waals surface area contributed by atoms with Crippen LogP contribution in [0.15, 0.2) is 36.4 Å². The van der Waals surface area contributed by atoms with E-state index >= 15 is 0 Å². The van der Waals surface area contributed by atoms with Crippen molar-refractivity contribution in [1.29, 1.82) is 0 Å². The van der Waals surface area contributed by atoms with Crippen LogP contribution < -0.4 is 24.7 Å². The number of carboxylic acids is 1. The number of carbonyl (C=O) groups excluding carboxylic acids is 1. The number of benzene rings is 2. The topological polar surface area (TPSA) is 124 Å². The standard InChI is InChI=1S/C31H43N3O7/c1-4-5-13-33(14-9-8-12-32)28(35)19-34-18-23(22-16-26(39-3)30-27(17-22)40-20-41-30)29(31(36)37)24(34)15-21-10-6-7-11-25(21)38-2/h6-7,10-11,16-17,23-24,29H,4-5,8-9,12-15,18-20,32H2,1-3H3,(H,36,37)/t23-,24+,29-/m1/s1. The van der Waals surface area contributed by atoms with Gasteiger partial charge in [-0.25, -0.2) is 0 Å². The van der Waals surface area contributed by atoms with E-state index in [2.05, 4.69) is 6.92 Å². The van der Waals surface area contributed by atoms with Gasteiger partial charge in [-0.15, -0.1) is 0 Å². The molecule has 224 valence electrons. The highest BCUT2D eigenvalue weighted by Gasteiger charge is 2.48. The molecule has 2 aliphatic heterocycles. The van der Waals surface area contributed by atoms with E-state index in [4.69, 9.17) is 24.7 Å². The van der Waals surface area contributed by atoms with Crippen LogP contribution in [0.2, 0.25) is 0 Å². The molecule has 0 spiro atoms. The summed E-state index contributed by atoms with van der Waals surface area (Å²) in [5.41, 5.74) is 7.39. The molecular weight excluding hydrogens is 526 g/mol. The Morgan fingerprint density at radius 1 is 1.07 bits per heavy atom. The second-order valence-electron chi connectivity index (χ2n) is 10.7. The lowest BCUT2D eigenvalue weighted by molar-refractivity contribution is -0.143. The first-order valence-corrected chi connectivity index (χ1v) is 14.5. The third-order valence-corrected chi connectivity index (χ3v) is 8.12. The van der Waals surface area contributed by atoms with Gasteiger partial charge in [-0.3, -0.25) is 14.5 Å². The molecule has 2 aromatic carbocycles. The molecule has 0 aliphatic carbocycles. The summed E-state index contributed by atoms with van der Waals surface area (Å²) in [4.78, 5) is 30.6. The van der Waals surface area contributed by atoms with Gasteiger partial charge < -0.3 is 34.7 Å². The first kappa shape index (κ1) is 30.5. The third kappa shape index (κ3) is 7.05. The number of ether oxygens (including phenoxy) is 4. The van der Waals surface area contributed by atoms with Crippen LogP contribution >= 0.6 is 0 Å². The van der Waals surface area contributed by atoms with Crippen LogP contribution in [0.5, 0.6) is 23.0 Å². The highest BCUT2D eigenvalue weighted by Crippen LogP contribution is 2.47. The third-order valence-electron chi connectivity index (χ3n) is 8.12. The molecule has 3 atom stereocenters. The van der Waals surface area contributed by atoms with Gasteiger partial charge in [-0.1, -0.05) is 31.5 Å². The van der Waals surface area contributed by atoms with Crippen LogP contribution in [-0.2, 0) is 16.0 Å². The van der Waals surface area contributed by atoms with Crippen LogP contribution in [-0.4, -0.2) is 86.6 Å². The molecule has 2 heterocycles. The van der Waals surface area contributed by atoms with E-state index in [1.165, 1.54) is 0 Å². The first-order chi connectivity index (χ1) is 19.9. The zero-order valence-electron chi connectivity index (χ0n) is 24.3. The Balaban J connectivity index is 1.68. The Morgan fingerprint density at radius 2 is 1.83 bits per heavy atom. The summed E-state index contributed by atoms with van der Waals surface area (Å²) in [7, 11) is 3.16. The predicted octanol–water partition coefficient (Wildman–Crippen LogP) is 3.51. The van der Waals surface area contributed by atoms with Crippen molar-refractivity contribution >= 4 is 11.9 Å². The number of aliphatic carboxylic acids is 1. The van der Waals surface area contributed by atoms with Gasteiger partial charge in [0.15, 0.2) is 11.5 Å². The average Bonchev–Trinajstić information content (AvgIpc) is 3.59. The Bertz CT molecular complexity index is 1190. The van der Waals surface area contributed by atoms with E-state index in [-0.39, 0.29) is 19.2 Å². The lowest BCUT2D eigenvalue weighted by atomic mass is 9.83. The van der Waals surface area contributed by atoms with Crippen LogP contribution in [0.1, 0.15) is 49.7 Å². The molecule has 0 radical (unpaired) electrons. The number of amides is 1. The molecule has 0 unspecified atom stereocenters. The van der Waals surface area contributed by atoms with Gasteiger partial charge in [0.05, 0.1) is 26.7 Å². The Morgan fingerprint density at radius 3 is 2.54 bits per heavy atom. The quantitative estimate of drug-likeness (QED) is 0.310. The van der Waals surface area contributed by atoms with Crippen molar-refractivity contribution in [2.45, 2.75) is 51.0 Å². The van der Waals surface area contributed by atoms with Gasteiger partial charge >= 0.3 is 5.97 Å². The van der Waals surface area contributed by atoms with Gasteiger partial charge in [0.2, 0.25) is 18.4 Å². The fraction of sp³-hybridized carbons (Fsp3) is 0.548. The lowest BCUT2D eigenvalue weighted by Gasteiger charge is -2.30. The van der Waals surface area contributed by atoms with Gasteiger partial charge in [0, 0.05) is 31.6 Å². The summed E-state index contributed by atoms with van der Waals surface area (Å²) in [5.74, 6) is 0.167. The van der Waals surface area contributed by atoms with Crippen molar-refractivity contribution in [3.8, 4) is 23.0 Å². The number of nitrogens with zero attached hydrogens (tertiary/aromatic N) is 2. The van der Waals surface area contributed by atoms with Crippen molar-refractivity contribution in [2.75, 3.05) is 53.7 Å². The molecule has 10 nitrogen and oxygen atoms in total. The minimum Gasteiger partial charge on any atom is -0.496 e. The minimum atomic E-state index is -0.910. The SMILES string of the molecule is CCCCN(CCCCN)C(=O)CN1C[C@H](c2cc(OC)c3c(c2)OCO3)[C@@H](C(=O)O)[C@@H]1Cc1ccccc1OC. The second-order valence-corrected chi connectivity index (χ2v) is 10.7.